The summed E-state index contributed by atoms with van der Waals surface area (Å²) in [6, 6.07) is 8.18. The highest BCUT2D eigenvalue weighted by Crippen LogP contribution is 2.34. The van der Waals surface area contributed by atoms with Crippen LogP contribution in [0.4, 0.5) is 11.5 Å². The van der Waals surface area contributed by atoms with Gasteiger partial charge in [0.1, 0.15) is 5.82 Å². The number of hydrogen-bond acceptors (Lipinski definition) is 3. The van der Waals surface area contributed by atoms with Crippen LogP contribution in [-0.4, -0.2) is 9.97 Å². The standard InChI is InChI=1S/C16H19N3/c1-16(2)8-7-12-5-6-15(19-14(12)10-16)18-13-4-3-9-17-11-13/h3-6,9,11H,7-8,10H2,1-2H3,(H,18,19). The largest absolute Gasteiger partial charge is 0.339 e. The van der Waals surface area contributed by atoms with Gasteiger partial charge in [-0.1, -0.05) is 19.9 Å². The second kappa shape index (κ2) is 4.65. The molecule has 1 aliphatic carbocycles. The van der Waals surface area contributed by atoms with E-state index in [9.17, 15) is 0 Å². The molecule has 3 heteroatoms. The highest BCUT2D eigenvalue weighted by atomic mass is 15.0. The van der Waals surface area contributed by atoms with Crippen molar-refractivity contribution in [1.29, 1.82) is 0 Å². The molecule has 3 rings (SSSR count). The number of nitrogens with zero attached hydrogens (tertiary/aromatic N) is 2. The number of hydrogen-bond donors (Lipinski definition) is 1. The molecule has 0 atom stereocenters. The molecule has 2 heterocycles. The Kier molecular flexibility index (Phi) is 2.97. The number of aryl methyl sites for hydroxylation is 1. The molecule has 0 amide bonds. The van der Waals surface area contributed by atoms with Gasteiger partial charge in [-0.25, -0.2) is 4.98 Å². The molecule has 1 aliphatic rings. The van der Waals surface area contributed by atoms with Crippen molar-refractivity contribution in [3.05, 3.63) is 47.9 Å². The van der Waals surface area contributed by atoms with Gasteiger partial charge in [0.2, 0.25) is 0 Å². The van der Waals surface area contributed by atoms with Gasteiger partial charge in [0.25, 0.3) is 0 Å². The van der Waals surface area contributed by atoms with Gasteiger partial charge in [0, 0.05) is 11.9 Å². The molecule has 0 fully saturated rings. The van der Waals surface area contributed by atoms with Crippen LogP contribution < -0.4 is 5.32 Å². The molecular weight excluding hydrogens is 234 g/mol. The van der Waals surface area contributed by atoms with Gasteiger partial charge >= 0.3 is 0 Å². The Morgan fingerprint density at radius 3 is 2.89 bits per heavy atom. The molecule has 2 aromatic heterocycles. The summed E-state index contributed by atoms with van der Waals surface area (Å²) >= 11 is 0. The van der Waals surface area contributed by atoms with Crippen LogP contribution in [0.2, 0.25) is 0 Å². The summed E-state index contributed by atoms with van der Waals surface area (Å²) in [6.07, 6.45) is 7.03. The molecule has 1 N–H and O–H groups in total. The summed E-state index contributed by atoms with van der Waals surface area (Å²) in [5.74, 6) is 0.907. The predicted molar refractivity (Wildman–Crippen MR) is 77.6 cm³/mol. The first-order chi connectivity index (χ1) is 9.12. The molecule has 0 radical (unpaired) electrons. The van der Waals surface area contributed by atoms with E-state index >= 15 is 0 Å². The van der Waals surface area contributed by atoms with E-state index in [0.29, 0.717) is 5.41 Å². The molecular formula is C16H19N3. The smallest absolute Gasteiger partial charge is 0.130 e. The van der Waals surface area contributed by atoms with Crippen molar-refractivity contribution in [3.63, 3.8) is 0 Å². The Labute approximate surface area is 114 Å². The number of pyridine rings is 2. The van der Waals surface area contributed by atoms with Crippen molar-refractivity contribution in [2.45, 2.75) is 33.1 Å². The molecule has 0 bridgehead atoms. The number of fused-ring (bicyclic) bond motifs is 1. The Morgan fingerprint density at radius 2 is 2.11 bits per heavy atom. The molecule has 0 unspecified atom stereocenters. The number of anilines is 2. The molecule has 0 aliphatic heterocycles. The second-order valence-electron chi connectivity index (χ2n) is 6.01. The van der Waals surface area contributed by atoms with Crippen molar-refractivity contribution in [1.82, 2.24) is 9.97 Å². The highest BCUT2D eigenvalue weighted by Gasteiger charge is 2.26. The third-order valence-corrected chi connectivity index (χ3v) is 3.72. The van der Waals surface area contributed by atoms with Crippen LogP contribution in [0.25, 0.3) is 0 Å². The van der Waals surface area contributed by atoms with Gasteiger partial charge in [-0.3, -0.25) is 4.98 Å². The molecule has 0 saturated heterocycles. The van der Waals surface area contributed by atoms with E-state index in [4.69, 9.17) is 4.98 Å². The van der Waals surface area contributed by atoms with Crippen LogP contribution in [0.1, 0.15) is 31.5 Å². The summed E-state index contributed by atoms with van der Waals surface area (Å²) in [5, 5.41) is 3.31. The quantitative estimate of drug-likeness (QED) is 0.886. The van der Waals surface area contributed by atoms with Crippen LogP contribution in [0, 0.1) is 5.41 Å². The van der Waals surface area contributed by atoms with Gasteiger partial charge in [0.15, 0.2) is 0 Å². The Hall–Kier alpha value is -1.90. The lowest BCUT2D eigenvalue weighted by molar-refractivity contribution is 0.311. The average Bonchev–Trinajstić information content (AvgIpc) is 2.38. The fraction of sp³-hybridized carbons (Fsp3) is 0.375. The third-order valence-electron chi connectivity index (χ3n) is 3.72. The van der Waals surface area contributed by atoms with E-state index in [1.54, 1.807) is 6.20 Å². The van der Waals surface area contributed by atoms with E-state index in [2.05, 4.69) is 36.3 Å². The van der Waals surface area contributed by atoms with Crippen LogP contribution in [0.3, 0.4) is 0 Å². The molecule has 0 saturated carbocycles. The minimum atomic E-state index is 0.368. The van der Waals surface area contributed by atoms with Gasteiger partial charge in [-0.05, 0) is 48.4 Å². The molecule has 98 valence electrons. The first-order valence-electron chi connectivity index (χ1n) is 6.78. The molecule has 2 aromatic rings. The van der Waals surface area contributed by atoms with Crippen LogP contribution >= 0.6 is 0 Å². The lowest BCUT2D eigenvalue weighted by Crippen LogP contribution is -2.23. The zero-order valence-electron chi connectivity index (χ0n) is 11.5. The van der Waals surface area contributed by atoms with Crippen molar-refractivity contribution in [2.24, 2.45) is 5.41 Å². The number of nitrogens with one attached hydrogen (secondary N) is 1. The predicted octanol–water partition coefficient (Wildman–Crippen LogP) is 3.74. The van der Waals surface area contributed by atoms with Gasteiger partial charge in [-0.2, -0.15) is 0 Å². The van der Waals surface area contributed by atoms with Crippen molar-refractivity contribution < 1.29 is 0 Å². The maximum absolute atomic E-state index is 4.77. The highest BCUT2D eigenvalue weighted by molar-refractivity contribution is 5.55. The Morgan fingerprint density at radius 1 is 1.21 bits per heavy atom. The van der Waals surface area contributed by atoms with Gasteiger partial charge < -0.3 is 5.32 Å². The topological polar surface area (TPSA) is 37.8 Å². The van der Waals surface area contributed by atoms with Gasteiger partial charge in [-0.15, -0.1) is 0 Å². The van der Waals surface area contributed by atoms with Crippen molar-refractivity contribution >= 4 is 11.5 Å². The normalized spacial score (nSPS) is 16.7. The molecule has 0 spiro atoms. The van der Waals surface area contributed by atoms with E-state index in [0.717, 1.165) is 24.3 Å². The van der Waals surface area contributed by atoms with E-state index in [-0.39, 0.29) is 0 Å². The van der Waals surface area contributed by atoms with Crippen LogP contribution in [-0.2, 0) is 12.8 Å². The molecule has 0 aromatic carbocycles. The maximum atomic E-state index is 4.77. The average molecular weight is 253 g/mol. The minimum Gasteiger partial charge on any atom is -0.339 e. The third kappa shape index (κ3) is 2.75. The Bertz CT molecular complexity index is 576. The van der Waals surface area contributed by atoms with Crippen molar-refractivity contribution in [3.8, 4) is 0 Å². The second-order valence-corrected chi connectivity index (χ2v) is 6.01. The zero-order valence-corrected chi connectivity index (χ0v) is 11.5. The van der Waals surface area contributed by atoms with Crippen molar-refractivity contribution in [2.75, 3.05) is 5.32 Å². The minimum absolute atomic E-state index is 0.368. The number of rotatable bonds is 2. The summed E-state index contributed by atoms with van der Waals surface area (Å²) in [7, 11) is 0. The fourth-order valence-corrected chi connectivity index (χ4v) is 2.58. The first kappa shape index (κ1) is 12.2. The lowest BCUT2D eigenvalue weighted by atomic mass is 9.76. The number of aromatic nitrogens is 2. The maximum Gasteiger partial charge on any atom is 0.130 e. The lowest BCUT2D eigenvalue weighted by Gasteiger charge is -2.30. The monoisotopic (exact) mass is 253 g/mol. The Balaban J connectivity index is 1.85. The van der Waals surface area contributed by atoms with Crippen LogP contribution in [0.5, 0.6) is 0 Å². The van der Waals surface area contributed by atoms with E-state index in [1.165, 1.54) is 17.7 Å². The zero-order chi connectivity index (χ0) is 13.3. The van der Waals surface area contributed by atoms with E-state index in [1.807, 2.05) is 18.3 Å². The SMILES string of the molecule is CC1(C)CCc2ccc(Nc3cccnc3)nc2C1. The first-order valence-corrected chi connectivity index (χ1v) is 6.78. The van der Waals surface area contributed by atoms with E-state index < -0.39 is 0 Å². The fourth-order valence-electron chi connectivity index (χ4n) is 2.58. The summed E-state index contributed by atoms with van der Waals surface area (Å²) < 4.78 is 0. The molecule has 3 nitrogen and oxygen atoms in total. The summed E-state index contributed by atoms with van der Waals surface area (Å²) in [4.78, 5) is 8.87. The summed E-state index contributed by atoms with van der Waals surface area (Å²) in [6.45, 7) is 4.64. The van der Waals surface area contributed by atoms with Gasteiger partial charge in [0.05, 0.1) is 11.9 Å². The summed E-state index contributed by atoms with van der Waals surface area (Å²) in [5.41, 5.74) is 3.98. The van der Waals surface area contributed by atoms with Crippen LogP contribution in [0.15, 0.2) is 36.7 Å². The molecule has 19 heavy (non-hydrogen) atoms.